The lowest BCUT2D eigenvalue weighted by atomic mass is 10.0. The van der Waals surface area contributed by atoms with Gasteiger partial charge in [-0.1, -0.05) is 13.8 Å². The zero-order valence-corrected chi connectivity index (χ0v) is 14.2. The van der Waals surface area contributed by atoms with Crippen LogP contribution in [0.25, 0.3) is 0 Å². The van der Waals surface area contributed by atoms with Crippen LogP contribution in [0, 0.1) is 11.3 Å². The van der Waals surface area contributed by atoms with Crippen molar-refractivity contribution in [1.82, 2.24) is 20.0 Å². The fourth-order valence-electron chi connectivity index (χ4n) is 2.76. The lowest BCUT2D eigenvalue weighted by molar-refractivity contribution is 0.353. The Kier molecular flexibility index (Phi) is 4.38. The van der Waals surface area contributed by atoms with Gasteiger partial charge in [0.1, 0.15) is 0 Å². The Labute approximate surface area is 124 Å². The number of nitrogens with zero attached hydrogens (tertiary/aromatic N) is 3. The zero-order chi connectivity index (χ0) is 14.2. The predicted molar refractivity (Wildman–Crippen MR) is 82.2 cm³/mol. The normalized spacial score (nSPS) is 22.8. The molecule has 2 rings (SSSR count). The molecule has 19 heavy (non-hydrogen) atoms. The average molecular weight is 329 g/mol. The van der Waals surface area contributed by atoms with Gasteiger partial charge in [0.2, 0.25) is 0 Å². The molecule has 0 saturated heterocycles. The Hall–Kier alpha value is -0.390. The molecule has 0 amide bonds. The fraction of sp³-hybridized carbons (Fsp3) is 0.786. The molecule has 0 bridgehead atoms. The smallest absolute Gasteiger partial charge is 0.0699 e. The van der Waals surface area contributed by atoms with Crippen LogP contribution in [0.2, 0.25) is 0 Å². The quantitative estimate of drug-likeness (QED) is 0.871. The molecule has 0 aliphatic heterocycles. The number of nitrogens with one attached hydrogen (secondary N) is 1. The lowest BCUT2D eigenvalue weighted by Gasteiger charge is -2.21. The Morgan fingerprint density at radius 1 is 1.58 bits per heavy atom. The Balaban J connectivity index is 2.20. The van der Waals surface area contributed by atoms with E-state index in [0.29, 0.717) is 17.4 Å². The second-order valence-electron chi connectivity index (χ2n) is 6.47. The summed E-state index contributed by atoms with van der Waals surface area (Å²) < 4.78 is 3.26. The molecule has 0 radical (unpaired) electrons. The number of hydrogen-bond acceptors (Lipinski definition) is 3. The van der Waals surface area contributed by atoms with Gasteiger partial charge in [0, 0.05) is 6.54 Å². The van der Waals surface area contributed by atoms with Gasteiger partial charge in [0.25, 0.3) is 0 Å². The van der Waals surface area contributed by atoms with E-state index < -0.39 is 0 Å². The van der Waals surface area contributed by atoms with E-state index in [1.807, 2.05) is 6.20 Å². The maximum atomic E-state index is 4.52. The highest BCUT2D eigenvalue weighted by Gasteiger charge is 2.51. The Morgan fingerprint density at radius 2 is 2.21 bits per heavy atom. The molecule has 0 aromatic carbocycles. The molecular formula is C14H25BrN4. The molecule has 4 nitrogen and oxygen atoms in total. The molecule has 1 heterocycles. The average Bonchev–Trinajstić information content (AvgIpc) is 2.78. The molecule has 1 aromatic heterocycles. The van der Waals surface area contributed by atoms with Gasteiger partial charge in [0.15, 0.2) is 0 Å². The van der Waals surface area contributed by atoms with E-state index >= 15 is 0 Å². The second kappa shape index (κ2) is 5.54. The van der Waals surface area contributed by atoms with Crippen molar-refractivity contribution in [3.63, 3.8) is 0 Å². The van der Waals surface area contributed by atoms with Gasteiger partial charge in [-0.15, -0.1) is 0 Å². The first-order valence-electron chi connectivity index (χ1n) is 6.90. The highest BCUT2D eigenvalue weighted by Crippen LogP contribution is 2.58. The van der Waals surface area contributed by atoms with Gasteiger partial charge in [-0.2, -0.15) is 5.10 Å². The van der Waals surface area contributed by atoms with Crippen molar-refractivity contribution in [2.75, 3.05) is 27.7 Å². The van der Waals surface area contributed by atoms with Crippen molar-refractivity contribution in [3.05, 3.63) is 16.4 Å². The van der Waals surface area contributed by atoms with E-state index in [9.17, 15) is 0 Å². The number of halogens is 1. The summed E-state index contributed by atoms with van der Waals surface area (Å²) in [5, 5.41) is 8.00. The molecule has 108 valence electrons. The Bertz CT molecular complexity index is 439. The van der Waals surface area contributed by atoms with Gasteiger partial charge in [-0.25, -0.2) is 0 Å². The first-order valence-corrected chi connectivity index (χ1v) is 7.69. The SMILES string of the molecule is CNC(c1c(Br)cnn1CCN(C)C)C1CC1(C)C. The highest BCUT2D eigenvalue weighted by molar-refractivity contribution is 9.10. The molecule has 2 atom stereocenters. The van der Waals surface area contributed by atoms with Crippen LogP contribution >= 0.6 is 15.9 Å². The molecule has 1 aliphatic carbocycles. The molecule has 1 aromatic rings. The van der Waals surface area contributed by atoms with Crippen molar-refractivity contribution in [2.24, 2.45) is 11.3 Å². The van der Waals surface area contributed by atoms with Crippen molar-refractivity contribution in [2.45, 2.75) is 32.9 Å². The van der Waals surface area contributed by atoms with E-state index in [2.05, 4.69) is 70.9 Å². The summed E-state index contributed by atoms with van der Waals surface area (Å²) in [6.45, 7) is 6.62. The van der Waals surface area contributed by atoms with Gasteiger partial charge >= 0.3 is 0 Å². The van der Waals surface area contributed by atoms with E-state index in [0.717, 1.165) is 17.6 Å². The number of rotatable bonds is 6. The maximum Gasteiger partial charge on any atom is 0.0699 e. The topological polar surface area (TPSA) is 33.1 Å². The summed E-state index contributed by atoms with van der Waals surface area (Å²) in [4.78, 5) is 2.19. The minimum atomic E-state index is 0.383. The molecule has 2 unspecified atom stereocenters. The minimum absolute atomic E-state index is 0.383. The highest BCUT2D eigenvalue weighted by atomic mass is 79.9. The second-order valence-corrected chi connectivity index (χ2v) is 7.32. The zero-order valence-electron chi connectivity index (χ0n) is 12.6. The summed E-state index contributed by atoms with van der Waals surface area (Å²) in [6.07, 6.45) is 3.20. The van der Waals surface area contributed by atoms with Crippen molar-refractivity contribution >= 4 is 15.9 Å². The van der Waals surface area contributed by atoms with Crippen molar-refractivity contribution in [3.8, 4) is 0 Å². The van der Waals surface area contributed by atoms with Crippen LogP contribution in [0.5, 0.6) is 0 Å². The first kappa shape index (κ1) is 15.0. The summed E-state index contributed by atoms with van der Waals surface area (Å²) in [5.74, 6) is 0.698. The van der Waals surface area contributed by atoms with E-state index in [-0.39, 0.29) is 0 Å². The van der Waals surface area contributed by atoms with Crippen molar-refractivity contribution < 1.29 is 0 Å². The van der Waals surface area contributed by atoms with Crippen LogP contribution in [0.3, 0.4) is 0 Å². The van der Waals surface area contributed by atoms with Gasteiger partial charge < -0.3 is 10.2 Å². The van der Waals surface area contributed by atoms with E-state index in [4.69, 9.17) is 0 Å². The summed E-state index contributed by atoms with van der Waals surface area (Å²) in [7, 11) is 6.24. The largest absolute Gasteiger partial charge is 0.311 e. The molecular weight excluding hydrogens is 304 g/mol. The van der Waals surface area contributed by atoms with Crippen LogP contribution in [-0.4, -0.2) is 42.4 Å². The summed E-state index contributed by atoms with van der Waals surface area (Å²) in [5.41, 5.74) is 1.74. The van der Waals surface area contributed by atoms with Crippen LogP contribution in [0.1, 0.15) is 32.0 Å². The van der Waals surface area contributed by atoms with Crippen LogP contribution in [0.15, 0.2) is 10.7 Å². The third kappa shape index (κ3) is 3.20. The molecule has 5 heteroatoms. The lowest BCUT2D eigenvalue weighted by Crippen LogP contribution is -2.27. The molecule has 1 saturated carbocycles. The van der Waals surface area contributed by atoms with Crippen LogP contribution in [0.4, 0.5) is 0 Å². The van der Waals surface area contributed by atoms with Gasteiger partial charge in [-0.05, 0) is 54.8 Å². The third-order valence-electron chi connectivity index (χ3n) is 4.19. The minimum Gasteiger partial charge on any atom is -0.311 e. The van der Waals surface area contributed by atoms with Gasteiger partial charge in [-0.3, -0.25) is 4.68 Å². The summed E-state index contributed by atoms with van der Waals surface area (Å²) in [6, 6.07) is 0.383. The molecule has 0 spiro atoms. The van der Waals surface area contributed by atoms with E-state index in [1.54, 1.807) is 0 Å². The molecule has 1 aliphatic rings. The van der Waals surface area contributed by atoms with Crippen molar-refractivity contribution in [1.29, 1.82) is 0 Å². The summed E-state index contributed by atoms with van der Waals surface area (Å²) >= 11 is 3.66. The monoisotopic (exact) mass is 328 g/mol. The fourth-order valence-corrected chi connectivity index (χ4v) is 3.30. The van der Waals surface area contributed by atoms with E-state index in [1.165, 1.54) is 12.1 Å². The Morgan fingerprint density at radius 3 is 2.68 bits per heavy atom. The third-order valence-corrected chi connectivity index (χ3v) is 4.80. The molecule has 1 N–H and O–H groups in total. The first-order chi connectivity index (χ1) is 8.86. The standard InChI is InChI=1S/C14H25BrN4/c1-14(2)8-10(14)12(16-3)13-11(15)9-17-19(13)7-6-18(4)5/h9-10,12,16H,6-8H2,1-5H3. The predicted octanol–water partition coefficient (Wildman–Crippen LogP) is 2.51. The number of aromatic nitrogens is 2. The molecule has 1 fully saturated rings. The number of hydrogen-bond donors (Lipinski definition) is 1. The van der Waals surface area contributed by atoms with Gasteiger partial charge in [0.05, 0.1) is 29.0 Å². The maximum absolute atomic E-state index is 4.52. The number of likely N-dealkylation sites (N-methyl/N-ethyl adjacent to an activating group) is 1. The van der Waals surface area contributed by atoms with Crippen LogP contribution < -0.4 is 5.32 Å². The van der Waals surface area contributed by atoms with Crippen LogP contribution in [-0.2, 0) is 6.54 Å².